The van der Waals surface area contributed by atoms with E-state index in [4.69, 9.17) is 25.8 Å². The summed E-state index contributed by atoms with van der Waals surface area (Å²) in [5.74, 6) is -0.213. The number of nitrogens with one attached hydrogen (secondary N) is 1. The van der Waals surface area contributed by atoms with Crippen LogP contribution in [0.3, 0.4) is 0 Å². The summed E-state index contributed by atoms with van der Waals surface area (Å²) in [4.78, 5) is 12.6. The second kappa shape index (κ2) is 16.6. The molecule has 0 amide bonds. The molecule has 1 aliphatic heterocycles. The first-order valence-corrected chi connectivity index (χ1v) is 17.0. The molecule has 0 aliphatic carbocycles. The molecule has 1 aliphatic rings. The van der Waals surface area contributed by atoms with Crippen LogP contribution >= 0.6 is 50.2 Å². The van der Waals surface area contributed by atoms with Gasteiger partial charge in [-0.05, 0) is 100.0 Å². The van der Waals surface area contributed by atoms with Gasteiger partial charge < -0.3 is 29.0 Å². The van der Waals surface area contributed by atoms with Crippen molar-refractivity contribution < 1.29 is 54.4 Å². The van der Waals surface area contributed by atoms with E-state index in [0.29, 0.717) is 29.1 Å². The molecule has 3 aromatic heterocycles. The fraction of sp³-hybridized carbons (Fsp3) is 0.286. The minimum Gasteiger partial charge on any atom is -0.430 e. The predicted octanol–water partition coefficient (Wildman–Crippen LogP) is 8.35. The van der Waals surface area contributed by atoms with Gasteiger partial charge in [-0.15, -0.1) is 36.5 Å². The predicted molar refractivity (Wildman–Crippen MR) is 175 cm³/mol. The van der Waals surface area contributed by atoms with Crippen molar-refractivity contribution in [1.82, 2.24) is 30.2 Å². The number of hydrogen-bond acceptors (Lipinski definition) is 14. The topological polar surface area (TPSA) is 145 Å². The zero-order valence-corrected chi connectivity index (χ0v) is 29.6. The van der Waals surface area contributed by atoms with Gasteiger partial charge in [0.1, 0.15) is 28.0 Å². The number of benzene rings is 2. The first kappa shape index (κ1) is 38.9. The van der Waals surface area contributed by atoms with Crippen molar-refractivity contribution in [3.05, 3.63) is 74.0 Å². The number of halogens is 9. The monoisotopic (exact) mass is 861 g/mol. The van der Waals surface area contributed by atoms with Crippen molar-refractivity contribution in [3.63, 3.8) is 0 Å². The Hall–Kier alpha value is -4.32. The summed E-state index contributed by atoms with van der Waals surface area (Å²) in [6.45, 7) is 0.366. The van der Waals surface area contributed by atoms with Gasteiger partial charge in [-0.3, -0.25) is 4.79 Å². The van der Waals surface area contributed by atoms with Crippen molar-refractivity contribution in [3.8, 4) is 38.5 Å². The summed E-state index contributed by atoms with van der Waals surface area (Å²) in [7, 11) is 0. The van der Waals surface area contributed by atoms with E-state index < -0.39 is 29.7 Å². The number of rotatable bonds is 10. The highest BCUT2D eigenvalue weighted by Crippen LogP contribution is 2.32. The molecule has 24 heteroatoms. The van der Waals surface area contributed by atoms with Crippen LogP contribution in [0, 0.1) is 0 Å². The van der Waals surface area contributed by atoms with Gasteiger partial charge in [-0.25, -0.2) is 4.39 Å². The minimum absolute atomic E-state index is 0.00295. The quantitative estimate of drug-likeness (QED) is 0.135. The van der Waals surface area contributed by atoms with E-state index in [-0.39, 0.29) is 50.9 Å². The molecule has 13 nitrogen and oxygen atoms in total. The maximum atomic E-state index is 14.7. The minimum atomic E-state index is -4.80. The summed E-state index contributed by atoms with van der Waals surface area (Å²) in [5, 5.41) is 21.9. The van der Waals surface area contributed by atoms with Crippen LogP contribution in [0.1, 0.15) is 12.8 Å². The number of aromatic nitrogens is 6. The average Bonchev–Trinajstić information content (AvgIpc) is 3.71. The number of anilines is 1. The normalized spacial score (nSPS) is 16.0. The molecule has 0 radical (unpaired) electrons. The average molecular weight is 863 g/mol. The van der Waals surface area contributed by atoms with Gasteiger partial charge in [-0.1, -0.05) is 21.8 Å². The van der Waals surface area contributed by atoms with Crippen LogP contribution in [0.2, 0.25) is 5.02 Å². The van der Waals surface area contributed by atoms with Crippen molar-refractivity contribution in [2.75, 3.05) is 25.1 Å². The maximum absolute atomic E-state index is 14.7. The number of ether oxygens (including phenoxy) is 5. The second-order valence-electron chi connectivity index (χ2n) is 10.2. The number of alkyl halides is 7. The molecule has 5 aromatic rings. The van der Waals surface area contributed by atoms with E-state index >= 15 is 0 Å². The van der Waals surface area contributed by atoms with Gasteiger partial charge in [0.2, 0.25) is 5.13 Å². The lowest BCUT2D eigenvalue weighted by molar-refractivity contribution is -0.275. The third kappa shape index (κ3) is 11.6. The summed E-state index contributed by atoms with van der Waals surface area (Å²) in [5.41, 5.74) is -2.12. The fourth-order valence-corrected chi connectivity index (χ4v) is 5.90. The molecule has 1 saturated heterocycles. The smallest absolute Gasteiger partial charge is 0.430 e. The third-order valence-corrected chi connectivity index (χ3v) is 8.65. The molecule has 52 heavy (non-hydrogen) atoms. The summed E-state index contributed by atoms with van der Waals surface area (Å²) in [6.07, 6.45) is -7.32. The van der Waals surface area contributed by atoms with E-state index in [1.807, 2.05) is 0 Å². The van der Waals surface area contributed by atoms with E-state index in [9.17, 15) is 35.5 Å². The van der Waals surface area contributed by atoms with Gasteiger partial charge in [0, 0.05) is 6.61 Å². The molecular weight excluding hydrogens is 843 g/mol. The molecular formula is C28H20BrClF7N7O6S2. The van der Waals surface area contributed by atoms with Gasteiger partial charge in [0.15, 0.2) is 9.59 Å². The lowest BCUT2D eigenvalue weighted by Gasteiger charge is -2.29. The second-order valence-corrected chi connectivity index (χ2v) is 13.7. The Morgan fingerprint density at radius 1 is 0.865 bits per heavy atom. The van der Waals surface area contributed by atoms with Gasteiger partial charge in [0.25, 0.3) is 10.8 Å². The summed E-state index contributed by atoms with van der Waals surface area (Å²) >= 11 is 11.3. The standard InChI is InChI=1S/C19H16ClF4N5O4S.C9H4BrF3N2O2S/c20-14-13(25-9-18(21)6-1-7-31-10-18)8-26-29(15(14)30)16-27-28-17(34-16)32-11-2-4-12(5-3-11)33-19(22,23)24;10-7-14-15-8(18-7)16-5-1-3-6(4-2-5)17-9(11,12)13/h2-5,8,25H,1,6-7,9-10H2;1-4H/t18-;/m0./s1. The lowest BCUT2D eigenvalue weighted by Crippen LogP contribution is -2.40. The first-order chi connectivity index (χ1) is 24.5. The molecule has 278 valence electrons. The Labute approximate surface area is 308 Å². The summed E-state index contributed by atoms with van der Waals surface area (Å²) in [6, 6.07) is 9.63. The Morgan fingerprint density at radius 2 is 1.40 bits per heavy atom. The molecule has 1 atom stereocenters. The SMILES string of the molecule is FC(F)(F)Oc1ccc(Oc2nnc(Br)s2)cc1.O=c1c(Cl)c(NC[C@@]2(F)CCCOC2)cnn1-c1nnc(Oc2ccc(OC(F)(F)F)cc2)s1. The van der Waals surface area contributed by atoms with Crippen LogP contribution in [-0.2, 0) is 4.74 Å². The van der Waals surface area contributed by atoms with Gasteiger partial charge in [0.05, 0.1) is 25.0 Å². The fourth-order valence-electron chi connectivity index (χ4n) is 4.09. The van der Waals surface area contributed by atoms with Crippen LogP contribution in [0.5, 0.6) is 33.4 Å². The Kier molecular flexibility index (Phi) is 12.4. The number of hydrogen-bond donors (Lipinski definition) is 1. The van der Waals surface area contributed by atoms with Gasteiger partial charge >= 0.3 is 17.9 Å². The van der Waals surface area contributed by atoms with E-state index in [1.54, 1.807) is 0 Å². The Balaban J connectivity index is 0.000000244. The molecule has 0 spiro atoms. The zero-order chi connectivity index (χ0) is 37.5. The molecule has 0 bridgehead atoms. The molecule has 1 fully saturated rings. The highest BCUT2D eigenvalue weighted by molar-refractivity contribution is 9.11. The summed E-state index contributed by atoms with van der Waals surface area (Å²) < 4.78 is 112. The van der Waals surface area contributed by atoms with Crippen molar-refractivity contribution >= 4 is 55.9 Å². The van der Waals surface area contributed by atoms with Crippen LogP contribution in [-0.4, -0.2) is 68.3 Å². The van der Waals surface area contributed by atoms with Crippen molar-refractivity contribution in [2.45, 2.75) is 31.2 Å². The van der Waals surface area contributed by atoms with Crippen molar-refractivity contribution in [2.24, 2.45) is 0 Å². The Morgan fingerprint density at radius 3 is 1.90 bits per heavy atom. The van der Waals surface area contributed by atoms with Crippen LogP contribution in [0.4, 0.5) is 36.4 Å². The van der Waals surface area contributed by atoms with E-state index in [1.165, 1.54) is 30.5 Å². The van der Waals surface area contributed by atoms with E-state index in [0.717, 1.165) is 51.6 Å². The molecule has 2 aromatic carbocycles. The van der Waals surface area contributed by atoms with Crippen LogP contribution < -0.4 is 29.8 Å². The molecule has 6 rings (SSSR count). The third-order valence-electron chi connectivity index (χ3n) is 6.27. The molecule has 0 unspecified atom stereocenters. The maximum Gasteiger partial charge on any atom is 0.573 e. The van der Waals surface area contributed by atoms with Crippen LogP contribution in [0.25, 0.3) is 5.13 Å². The number of nitrogens with zero attached hydrogens (tertiary/aromatic N) is 6. The van der Waals surface area contributed by atoms with Crippen LogP contribution in [0.15, 0.2) is 63.4 Å². The molecule has 1 N–H and O–H groups in total. The molecule has 0 saturated carbocycles. The molecule has 4 heterocycles. The van der Waals surface area contributed by atoms with Gasteiger partial charge in [-0.2, -0.15) is 9.78 Å². The van der Waals surface area contributed by atoms with Crippen molar-refractivity contribution in [1.29, 1.82) is 0 Å². The largest absolute Gasteiger partial charge is 0.573 e. The Bertz CT molecular complexity index is 1990. The van der Waals surface area contributed by atoms with E-state index in [2.05, 4.69) is 56.2 Å². The highest BCUT2D eigenvalue weighted by Gasteiger charge is 2.33. The zero-order valence-electron chi connectivity index (χ0n) is 25.6. The first-order valence-electron chi connectivity index (χ1n) is 14.2. The highest BCUT2D eigenvalue weighted by atomic mass is 79.9. The lowest BCUT2D eigenvalue weighted by atomic mass is 9.99.